The van der Waals surface area contributed by atoms with Crippen molar-refractivity contribution in [2.75, 3.05) is 26.4 Å². The summed E-state index contributed by atoms with van der Waals surface area (Å²) in [4.78, 5) is 23.9. The van der Waals surface area contributed by atoms with E-state index in [-0.39, 0.29) is 37.3 Å². The molecule has 2 aromatic rings. The van der Waals surface area contributed by atoms with Gasteiger partial charge in [0.25, 0.3) is 0 Å². The molecule has 39 heavy (non-hydrogen) atoms. The Morgan fingerprint density at radius 1 is 0.667 bits per heavy atom. The number of hydrogen-bond acceptors (Lipinski definition) is 7. The highest BCUT2D eigenvalue weighted by atomic mass is 16.6. The van der Waals surface area contributed by atoms with Gasteiger partial charge < -0.3 is 24.4 Å². The number of carbonyl (C=O) groups excluding carboxylic acids is 2. The summed E-state index contributed by atoms with van der Waals surface area (Å²) in [6.45, 7) is 16.0. The second-order valence-electron chi connectivity index (χ2n) is 12.3. The third kappa shape index (κ3) is 10.2. The monoisotopic (exact) mass is 542 g/mol. The van der Waals surface area contributed by atoms with E-state index < -0.39 is 11.9 Å². The van der Waals surface area contributed by atoms with Crippen LogP contribution in [0.25, 0.3) is 0 Å². The third-order valence-electron chi connectivity index (χ3n) is 6.43. The van der Waals surface area contributed by atoms with E-state index in [0.29, 0.717) is 37.2 Å². The highest BCUT2D eigenvalue weighted by molar-refractivity contribution is 5.73. The number of benzene rings is 2. The fourth-order valence-corrected chi connectivity index (χ4v) is 4.43. The minimum Gasteiger partial charge on any atom is -0.507 e. The highest BCUT2D eigenvalue weighted by Gasteiger charge is 2.22. The third-order valence-corrected chi connectivity index (χ3v) is 6.43. The van der Waals surface area contributed by atoms with Gasteiger partial charge in [0, 0.05) is 0 Å². The molecule has 0 amide bonds. The van der Waals surface area contributed by atoms with Gasteiger partial charge in [0.15, 0.2) is 0 Å². The molecule has 0 fully saturated rings. The molecular weight excluding hydrogens is 496 g/mol. The molecule has 0 aliphatic heterocycles. The van der Waals surface area contributed by atoms with Crippen molar-refractivity contribution in [1.29, 1.82) is 0 Å². The Balaban J connectivity index is 1.65. The van der Waals surface area contributed by atoms with E-state index in [9.17, 15) is 19.8 Å². The lowest BCUT2D eigenvalue weighted by Crippen LogP contribution is -2.19. The first-order chi connectivity index (χ1) is 18.1. The molecule has 2 aromatic carbocycles. The number of phenolic OH excluding ortho intramolecular Hbond substituents is 2. The summed E-state index contributed by atoms with van der Waals surface area (Å²) >= 11 is 0. The summed E-state index contributed by atoms with van der Waals surface area (Å²) in [6.07, 6.45) is 2.27. The smallest absolute Gasteiger partial charge is 0.332 e. The van der Waals surface area contributed by atoms with E-state index in [2.05, 4.69) is 41.5 Å². The lowest BCUT2D eigenvalue weighted by molar-refractivity contribution is -0.155. The summed E-state index contributed by atoms with van der Waals surface area (Å²) in [5.41, 5.74) is 5.28. The van der Waals surface area contributed by atoms with Crippen LogP contribution in [-0.2, 0) is 47.5 Å². The molecule has 7 heteroatoms. The number of ether oxygens (including phenoxy) is 3. The van der Waals surface area contributed by atoms with Crippen LogP contribution < -0.4 is 0 Å². The predicted molar refractivity (Wildman–Crippen MR) is 152 cm³/mol. The molecule has 0 atom stereocenters. The lowest BCUT2D eigenvalue weighted by Gasteiger charge is -2.23. The second-order valence-corrected chi connectivity index (χ2v) is 12.3. The van der Waals surface area contributed by atoms with Crippen LogP contribution in [0, 0.1) is 13.8 Å². The zero-order chi connectivity index (χ0) is 29.4. The van der Waals surface area contributed by atoms with Crippen molar-refractivity contribution in [3.63, 3.8) is 0 Å². The normalized spacial score (nSPS) is 11.9. The average molecular weight is 543 g/mol. The molecule has 0 unspecified atom stereocenters. The van der Waals surface area contributed by atoms with Gasteiger partial charge in [0.2, 0.25) is 0 Å². The van der Waals surface area contributed by atoms with Crippen LogP contribution in [0.15, 0.2) is 24.3 Å². The van der Waals surface area contributed by atoms with Gasteiger partial charge in [-0.25, -0.2) is 9.59 Å². The molecule has 0 bridgehead atoms. The fraction of sp³-hybridized carbons (Fsp3) is 0.562. The number of aromatic hydroxyl groups is 2. The minimum atomic E-state index is -0.559. The van der Waals surface area contributed by atoms with Gasteiger partial charge >= 0.3 is 11.9 Å². The van der Waals surface area contributed by atoms with E-state index in [1.807, 2.05) is 38.1 Å². The average Bonchev–Trinajstić information content (AvgIpc) is 2.81. The molecular formula is C32H46O7. The minimum absolute atomic E-state index is 0.171. The van der Waals surface area contributed by atoms with Crippen molar-refractivity contribution in [2.45, 2.75) is 91.9 Å². The van der Waals surface area contributed by atoms with Gasteiger partial charge in [-0.1, -0.05) is 76.9 Å². The zero-order valence-electron chi connectivity index (χ0n) is 24.9. The van der Waals surface area contributed by atoms with Crippen molar-refractivity contribution in [2.24, 2.45) is 0 Å². The summed E-state index contributed by atoms with van der Waals surface area (Å²) in [5, 5.41) is 21.3. The molecule has 0 aliphatic rings. The molecule has 2 N–H and O–H groups in total. The van der Waals surface area contributed by atoms with E-state index >= 15 is 0 Å². The Morgan fingerprint density at radius 3 is 1.36 bits per heavy atom. The van der Waals surface area contributed by atoms with Gasteiger partial charge in [-0.2, -0.15) is 0 Å². The highest BCUT2D eigenvalue weighted by Crippen LogP contribution is 2.36. The molecule has 0 spiro atoms. The Bertz CT molecular complexity index is 1050. The van der Waals surface area contributed by atoms with Crippen LogP contribution in [0.2, 0.25) is 0 Å². The van der Waals surface area contributed by atoms with Crippen molar-refractivity contribution >= 4 is 11.9 Å². The molecule has 0 saturated heterocycles. The molecule has 216 valence electrons. The van der Waals surface area contributed by atoms with Crippen LogP contribution in [0.3, 0.4) is 0 Å². The number of hydrogen-bond donors (Lipinski definition) is 2. The number of phenols is 2. The van der Waals surface area contributed by atoms with Gasteiger partial charge in [0.05, 0.1) is 13.2 Å². The standard InChI is InChI=1S/C32H46O7/c1-21-15-23(29(35)25(17-21)31(3,4)5)11-9-13-38-27(33)19-37-20-28(34)39-14-10-12-24-16-22(2)18-26(30(24)36)32(6,7)8/h15-18,35-36H,9-14,19-20H2,1-8H3. The van der Waals surface area contributed by atoms with Crippen LogP contribution in [-0.4, -0.2) is 48.6 Å². The molecule has 0 aromatic heterocycles. The van der Waals surface area contributed by atoms with Gasteiger partial charge in [0.1, 0.15) is 24.7 Å². The van der Waals surface area contributed by atoms with Crippen molar-refractivity contribution < 1.29 is 34.0 Å². The van der Waals surface area contributed by atoms with Crippen LogP contribution in [0.4, 0.5) is 0 Å². The number of carbonyl (C=O) groups is 2. The topological polar surface area (TPSA) is 102 Å². The van der Waals surface area contributed by atoms with Crippen LogP contribution in [0.5, 0.6) is 11.5 Å². The van der Waals surface area contributed by atoms with E-state index in [4.69, 9.17) is 14.2 Å². The van der Waals surface area contributed by atoms with Crippen molar-refractivity contribution in [3.8, 4) is 11.5 Å². The Labute approximate surface area is 233 Å². The predicted octanol–water partition coefficient (Wildman–Crippen LogP) is 5.98. The van der Waals surface area contributed by atoms with E-state index in [1.54, 1.807) is 0 Å². The van der Waals surface area contributed by atoms with E-state index in [1.165, 1.54) is 0 Å². The largest absolute Gasteiger partial charge is 0.507 e. The molecule has 2 rings (SSSR count). The molecule has 0 aliphatic carbocycles. The van der Waals surface area contributed by atoms with Gasteiger partial charge in [-0.15, -0.1) is 0 Å². The van der Waals surface area contributed by atoms with Crippen LogP contribution >= 0.6 is 0 Å². The first-order valence-corrected chi connectivity index (χ1v) is 13.6. The molecule has 0 radical (unpaired) electrons. The summed E-state index contributed by atoms with van der Waals surface area (Å²) in [7, 11) is 0. The fourth-order valence-electron chi connectivity index (χ4n) is 4.43. The maximum Gasteiger partial charge on any atom is 0.332 e. The molecule has 7 nitrogen and oxygen atoms in total. The Hall–Kier alpha value is -3.06. The first-order valence-electron chi connectivity index (χ1n) is 13.6. The lowest BCUT2D eigenvalue weighted by atomic mass is 9.83. The van der Waals surface area contributed by atoms with E-state index in [0.717, 1.165) is 33.4 Å². The number of aryl methyl sites for hydroxylation is 4. The second kappa shape index (κ2) is 13.8. The molecule has 0 heterocycles. The Morgan fingerprint density at radius 2 is 1.03 bits per heavy atom. The number of rotatable bonds is 12. The van der Waals surface area contributed by atoms with Gasteiger partial charge in [-0.05, 0) is 72.6 Å². The summed E-state index contributed by atoms with van der Waals surface area (Å²) in [5.74, 6) is -0.523. The summed E-state index contributed by atoms with van der Waals surface area (Å²) < 4.78 is 15.5. The molecule has 0 saturated carbocycles. The van der Waals surface area contributed by atoms with Gasteiger partial charge in [-0.3, -0.25) is 0 Å². The number of esters is 2. The SMILES string of the molecule is Cc1cc(CCCOC(=O)COCC(=O)OCCCc2cc(C)cc(C(C)(C)C)c2O)c(O)c(C(C)(C)C)c1. The van der Waals surface area contributed by atoms with Crippen LogP contribution in [0.1, 0.15) is 87.8 Å². The van der Waals surface area contributed by atoms with Crippen molar-refractivity contribution in [3.05, 3.63) is 57.6 Å². The quantitative estimate of drug-likeness (QED) is 0.251. The van der Waals surface area contributed by atoms with Crippen molar-refractivity contribution in [1.82, 2.24) is 0 Å². The Kier molecular flexibility index (Phi) is 11.4. The zero-order valence-corrected chi connectivity index (χ0v) is 24.9. The first kappa shape index (κ1) is 32.2. The maximum absolute atomic E-state index is 11.9. The maximum atomic E-state index is 11.9. The summed E-state index contributed by atoms with van der Waals surface area (Å²) in [6, 6.07) is 7.90.